The normalized spacial score (nSPS) is 11.2. The molecule has 0 atom stereocenters. The maximum atomic E-state index is 12.1. The van der Waals surface area contributed by atoms with Crippen LogP contribution in [0.3, 0.4) is 0 Å². The van der Waals surface area contributed by atoms with Crippen molar-refractivity contribution in [3.05, 3.63) is 59.0 Å². The van der Waals surface area contributed by atoms with Gasteiger partial charge in [0.25, 0.3) is 0 Å². The number of fused-ring (bicyclic) bond motifs is 2. The van der Waals surface area contributed by atoms with E-state index in [1.165, 1.54) is 0 Å². The fraction of sp³-hybridized carbons (Fsp3) is 0. The second-order valence-corrected chi connectivity index (χ2v) is 4.73. The highest BCUT2D eigenvalue weighted by Crippen LogP contribution is 2.25. The lowest BCUT2D eigenvalue weighted by Gasteiger charge is -2.00. The number of para-hydroxylation sites is 2. The van der Waals surface area contributed by atoms with E-state index in [4.69, 9.17) is 14.6 Å². The number of anilines is 1. The number of hydrogen-bond acceptors (Lipinski definition) is 5. The first kappa shape index (κ1) is 11.7. The first-order valence-corrected chi connectivity index (χ1v) is 6.40. The molecule has 0 saturated carbocycles. The van der Waals surface area contributed by atoms with Crippen LogP contribution in [-0.4, -0.2) is 4.98 Å². The number of nitrogens with two attached hydrogens (primary N) is 1. The van der Waals surface area contributed by atoms with Gasteiger partial charge in [0, 0.05) is 17.1 Å². The Labute approximate surface area is 118 Å². The van der Waals surface area contributed by atoms with Crippen molar-refractivity contribution in [3.8, 4) is 11.5 Å². The molecule has 4 rings (SSSR count). The Balaban J connectivity index is 1.99. The van der Waals surface area contributed by atoms with Crippen molar-refractivity contribution in [2.75, 3.05) is 5.73 Å². The molecular formula is C16H10N2O3. The number of rotatable bonds is 1. The SMILES string of the molecule is Nc1ccc2cc(-c3nc4ccccc4o3)c(=O)oc2c1. The molecule has 0 fully saturated rings. The van der Waals surface area contributed by atoms with E-state index in [1.807, 2.05) is 18.2 Å². The van der Waals surface area contributed by atoms with Gasteiger partial charge in [-0.2, -0.15) is 0 Å². The summed E-state index contributed by atoms with van der Waals surface area (Å²) in [5.74, 6) is 0.253. The van der Waals surface area contributed by atoms with E-state index in [9.17, 15) is 4.79 Å². The first-order valence-electron chi connectivity index (χ1n) is 6.40. The van der Waals surface area contributed by atoms with Gasteiger partial charge in [-0.15, -0.1) is 0 Å². The summed E-state index contributed by atoms with van der Waals surface area (Å²) >= 11 is 0. The largest absolute Gasteiger partial charge is 0.436 e. The molecule has 0 aliphatic heterocycles. The third kappa shape index (κ3) is 1.87. The molecule has 0 aliphatic rings. The van der Waals surface area contributed by atoms with E-state index in [1.54, 1.807) is 30.3 Å². The summed E-state index contributed by atoms with van der Waals surface area (Å²) in [6.45, 7) is 0. The molecule has 0 aliphatic carbocycles. The van der Waals surface area contributed by atoms with Crippen molar-refractivity contribution >= 4 is 27.8 Å². The van der Waals surface area contributed by atoms with Crippen LogP contribution in [0.1, 0.15) is 0 Å². The zero-order valence-corrected chi connectivity index (χ0v) is 10.9. The van der Waals surface area contributed by atoms with Gasteiger partial charge in [0.05, 0.1) is 0 Å². The second-order valence-electron chi connectivity index (χ2n) is 4.73. The average molecular weight is 278 g/mol. The van der Waals surface area contributed by atoms with Gasteiger partial charge in [-0.3, -0.25) is 0 Å². The highest BCUT2D eigenvalue weighted by Gasteiger charge is 2.14. The summed E-state index contributed by atoms with van der Waals surface area (Å²) in [5.41, 5.74) is 7.79. The highest BCUT2D eigenvalue weighted by atomic mass is 16.4. The van der Waals surface area contributed by atoms with E-state index < -0.39 is 5.63 Å². The van der Waals surface area contributed by atoms with Crippen LogP contribution in [0.15, 0.2) is 62.2 Å². The quantitative estimate of drug-likeness (QED) is 0.427. The molecule has 0 amide bonds. The van der Waals surface area contributed by atoms with Gasteiger partial charge < -0.3 is 14.6 Å². The van der Waals surface area contributed by atoms with Crippen molar-refractivity contribution in [1.29, 1.82) is 0 Å². The summed E-state index contributed by atoms with van der Waals surface area (Å²) in [6, 6.07) is 14.2. The summed E-state index contributed by atoms with van der Waals surface area (Å²) in [7, 11) is 0. The zero-order valence-electron chi connectivity index (χ0n) is 10.9. The van der Waals surface area contributed by atoms with Crippen LogP contribution in [0.4, 0.5) is 5.69 Å². The number of hydrogen-bond donors (Lipinski definition) is 1. The number of oxazole rings is 1. The minimum atomic E-state index is -0.500. The molecule has 4 aromatic rings. The lowest BCUT2D eigenvalue weighted by molar-refractivity contribution is 0.553. The van der Waals surface area contributed by atoms with Gasteiger partial charge in [-0.25, -0.2) is 9.78 Å². The second kappa shape index (κ2) is 4.21. The number of nitrogens with zero attached hydrogens (tertiary/aromatic N) is 1. The third-order valence-corrected chi connectivity index (χ3v) is 3.28. The molecule has 2 N–H and O–H groups in total. The number of aromatic nitrogens is 1. The Morgan fingerprint density at radius 3 is 2.67 bits per heavy atom. The highest BCUT2D eigenvalue weighted by molar-refractivity contribution is 5.84. The molecule has 0 bridgehead atoms. The van der Waals surface area contributed by atoms with Crippen molar-refractivity contribution in [1.82, 2.24) is 4.98 Å². The molecular weight excluding hydrogens is 268 g/mol. The topological polar surface area (TPSA) is 82.3 Å². The Morgan fingerprint density at radius 2 is 1.81 bits per heavy atom. The van der Waals surface area contributed by atoms with Crippen LogP contribution in [0.25, 0.3) is 33.5 Å². The van der Waals surface area contributed by atoms with E-state index >= 15 is 0 Å². The van der Waals surface area contributed by atoms with Gasteiger partial charge in [-0.1, -0.05) is 12.1 Å². The van der Waals surface area contributed by atoms with Crippen molar-refractivity contribution in [3.63, 3.8) is 0 Å². The lowest BCUT2D eigenvalue weighted by Crippen LogP contribution is -2.03. The minimum Gasteiger partial charge on any atom is -0.436 e. The van der Waals surface area contributed by atoms with Crippen LogP contribution in [0.5, 0.6) is 0 Å². The van der Waals surface area contributed by atoms with Crippen molar-refractivity contribution < 1.29 is 8.83 Å². The maximum Gasteiger partial charge on any atom is 0.349 e. The average Bonchev–Trinajstić information content (AvgIpc) is 2.90. The predicted molar refractivity (Wildman–Crippen MR) is 79.9 cm³/mol. The molecule has 5 heteroatoms. The Hall–Kier alpha value is -3.08. The standard InChI is InChI=1S/C16H10N2O3/c17-10-6-5-9-7-11(16(19)21-14(9)8-10)15-18-12-3-1-2-4-13(12)20-15/h1-8H,17H2. The molecule has 0 spiro atoms. The van der Waals surface area contributed by atoms with Crippen LogP contribution < -0.4 is 11.4 Å². The Morgan fingerprint density at radius 1 is 0.952 bits per heavy atom. The number of benzene rings is 2. The molecule has 0 unspecified atom stereocenters. The fourth-order valence-electron chi connectivity index (χ4n) is 2.26. The van der Waals surface area contributed by atoms with Crippen LogP contribution in [-0.2, 0) is 0 Å². The van der Waals surface area contributed by atoms with E-state index in [2.05, 4.69) is 4.98 Å². The molecule has 21 heavy (non-hydrogen) atoms. The molecule has 102 valence electrons. The van der Waals surface area contributed by atoms with Crippen LogP contribution >= 0.6 is 0 Å². The fourth-order valence-corrected chi connectivity index (χ4v) is 2.26. The summed E-state index contributed by atoms with van der Waals surface area (Å²) < 4.78 is 10.9. The number of nitrogen functional groups attached to an aromatic ring is 1. The lowest BCUT2D eigenvalue weighted by atomic mass is 10.1. The molecule has 2 aromatic carbocycles. The van der Waals surface area contributed by atoms with Gasteiger partial charge in [0.15, 0.2) is 5.58 Å². The van der Waals surface area contributed by atoms with Gasteiger partial charge in [0.2, 0.25) is 5.89 Å². The summed E-state index contributed by atoms with van der Waals surface area (Å²) in [5, 5.41) is 0.765. The smallest absolute Gasteiger partial charge is 0.349 e. The molecule has 2 aromatic heterocycles. The molecule has 2 heterocycles. The molecule has 0 saturated heterocycles. The van der Waals surface area contributed by atoms with Gasteiger partial charge in [-0.05, 0) is 30.3 Å². The van der Waals surface area contributed by atoms with Crippen molar-refractivity contribution in [2.45, 2.75) is 0 Å². The maximum absolute atomic E-state index is 12.1. The van der Waals surface area contributed by atoms with E-state index in [0.717, 1.165) is 5.39 Å². The summed E-state index contributed by atoms with van der Waals surface area (Å²) in [4.78, 5) is 16.4. The Bertz CT molecular complexity index is 997. The van der Waals surface area contributed by atoms with Crippen LogP contribution in [0, 0.1) is 0 Å². The Kier molecular flexibility index (Phi) is 2.35. The molecule has 0 radical (unpaired) electrons. The van der Waals surface area contributed by atoms with Crippen molar-refractivity contribution in [2.24, 2.45) is 0 Å². The monoisotopic (exact) mass is 278 g/mol. The van der Waals surface area contributed by atoms with Gasteiger partial charge in [0.1, 0.15) is 16.7 Å². The van der Waals surface area contributed by atoms with E-state index in [-0.39, 0.29) is 5.89 Å². The predicted octanol–water partition coefficient (Wildman–Crippen LogP) is 3.18. The zero-order chi connectivity index (χ0) is 14.4. The third-order valence-electron chi connectivity index (χ3n) is 3.28. The first-order chi connectivity index (χ1) is 10.2. The molecule has 5 nitrogen and oxygen atoms in total. The minimum absolute atomic E-state index is 0.253. The summed E-state index contributed by atoms with van der Waals surface area (Å²) in [6.07, 6.45) is 0. The van der Waals surface area contributed by atoms with E-state index in [0.29, 0.717) is 27.9 Å². The van der Waals surface area contributed by atoms with Crippen LogP contribution in [0.2, 0.25) is 0 Å². The van der Waals surface area contributed by atoms with Gasteiger partial charge >= 0.3 is 5.63 Å².